The highest BCUT2D eigenvalue weighted by molar-refractivity contribution is 5.77. The van der Waals surface area contributed by atoms with Crippen molar-refractivity contribution >= 4 is 5.97 Å². The molecule has 0 aromatic heterocycles. The van der Waals surface area contributed by atoms with Crippen LogP contribution in [0, 0.1) is 0 Å². The predicted molar refractivity (Wildman–Crippen MR) is 53.4 cm³/mol. The molecule has 5 heteroatoms. The second-order valence-electron chi connectivity index (χ2n) is 3.82. The van der Waals surface area contributed by atoms with Gasteiger partial charge in [0.05, 0.1) is 0 Å². The molecule has 16 heavy (non-hydrogen) atoms. The number of rotatable bonds is 4. The lowest BCUT2D eigenvalue weighted by molar-refractivity contribution is -0.203. The van der Waals surface area contributed by atoms with Gasteiger partial charge in [0.1, 0.15) is 5.60 Å². The third-order valence-corrected chi connectivity index (χ3v) is 2.34. The number of carbonyl (C=O) groups is 1. The van der Waals surface area contributed by atoms with E-state index in [0.29, 0.717) is 5.56 Å². The van der Waals surface area contributed by atoms with Crippen molar-refractivity contribution in [3.8, 4) is 0 Å². The van der Waals surface area contributed by atoms with Gasteiger partial charge in [0, 0.05) is 6.42 Å². The molecule has 1 unspecified atom stereocenters. The van der Waals surface area contributed by atoms with Gasteiger partial charge in [-0.15, -0.1) is 0 Å². The highest BCUT2D eigenvalue weighted by atomic mass is 19.3. The van der Waals surface area contributed by atoms with Crippen molar-refractivity contribution in [1.29, 1.82) is 0 Å². The van der Waals surface area contributed by atoms with Crippen molar-refractivity contribution in [2.45, 2.75) is 24.9 Å². The summed E-state index contributed by atoms with van der Waals surface area (Å²) in [5.74, 6) is -6.50. The average Bonchev–Trinajstić information content (AvgIpc) is 2.18. The van der Waals surface area contributed by atoms with Crippen LogP contribution in [0.1, 0.15) is 12.5 Å². The number of carboxylic acids is 1. The van der Waals surface area contributed by atoms with E-state index >= 15 is 0 Å². The number of aliphatic carboxylic acids is 1. The Labute approximate surface area is 91.3 Å². The molecule has 0 aliphatic carbocycles. The molecule has 0 spiro atoms. The maximum absolute atomic E-state index is 13.2. The first kappa shape index (κ1) is 12.6. The molecule has 3 nitrogen and oxygen atoms in total. The van der Waals surface area contributed by atoms with Crippen LogP contribution in [-0.2, 0) is 11.2 Å². The van der Waals surface area contributed by atoms with E-state index in [1.54, 1.807) is 30.3 Å². The smallest absolute Gasteiger partial charge is 0.377 e. The third kappa shape index (κ3) is 2.36. The number of benzene rings is 1. The summed E-state index contributed by atoms with van der Waals surface area (Å²) >= 11 is 0. The fourth-order valence-corrected chi connectivity index (χ4v) is 1.33. The first-order valence-electron chi connectivity index (χ1n) is 4.65. The van der Waals surface area contributed by atoms with Gasteiger partial charge in [0.25, 0.3) is 0 Å². The van der Waals surface area contributed by atoms with Crippen LogP contribution >= 0.6 is 0 Å². The molecule has 0 heterocycles. The molecular formula is C11H12F2O3. The average molecular weight is 230 g/mol. The van der Waals surface area contributed by atoms with Crippen LogP contribution in [0.2, 0.25) is 0 Å². The van der Waals surface area contributed by atoms with Crippen LogP contribution in [0.3, 0.4) is 0 Å². The molecule has 0 aliphatic heterocycles. The van der Waals surface area contributed by atoms with Crippen molar-refractivity contribution in [1.82, 2.24) is 0 Å². The normalized spacial score (nSPS) is 15.5. The van der Waals surface area contributed by atoms with Crippen LogP contribution in [0.15, 0.2) is 30.3 Å². The molecule has 0 aliphatic rings. The first-order chi connectivity index (χ1) is 7.27. The summed E-state index contributed by atoms with van der Waals surface area (Å²) in [6.07, 6.45) is -0.423. The quantitative estimate of drug-likeness (QED) is 0.827. The van der Waals surface area contributed by atoms with Crippen LogP contribution in [-0.4, -0.2) is 27.7 Å². The fourth-order valence-electron chi connectivity index (χ4n) is 1.33. The number of carboxylic acid groups (broad SMARTS) is 1. The lowest BCUT2D eigenvalue weighted by atomic mass is 9.90. The van der Waals surface area contributed by atoms with Gasteiger partial charge in [0.2, 0.25) is 0 Å². The van der Waals surface area contributed by atoms with Crippen molar-refractivity contribution in [2.75, 3.05) is 0 Å². The van der Waals surface area contributed by atoms with Gasteiger partial charge in [-0.25, -0.2) is 4.79 Å². The summed E-state index contributed by atoms with van der Waals surface area (Å²) in [6, 6.07) is 8.06. The Morgan fingerprint density at radius 1 is 1.31 bits per heavy atom. The summed E-state index contributed by atoms with van der Waals surface area (Å²) in [5, 5.41) is 17.9. The van der Waals surface area contributed by atoms with Crippen LogP contribution in [0.4, 0.5) is 8.78 Å². The molecule has 2 N–H and O–H groups in total. The Bertz CT molecular complexity index is 374. The van der Waals surface area contributed by atoms with Crippen molar-refractivity contribution in [3.63, 3.8) is 0 Å². The summed E-state index contributed by atoms with van der Waals surface area (Å²) in [5.41, 5.74) is -2.16. The predicted octanol–water partition coefficient (Wildman–Crippen LogP) is 1.70. The zero-order valence-corrected chi connectivity index (χ0v) is 8.65. The second kappa shape index (κ2) is 4.17. The van der Waals surface area contributed by atoms with Crippen LogP contribution in [0.5, 0.6) is 0 Å². The summed E-state index contributed by atoms with van der Waals surface area (Å²) in [7, 11) is 0. The molecule has 0 amide bonds. The van der Waals surface area contributed by atoms with Gasteiger partial charge >= 0.3 is 11.9 Å². The van der Waals surface area contributed by atoms with E-state index < -0.39 is 23.9 Å². The fraction of sp³-hybridized carbons (Fsp3) is 0.364. The Morgan fingerprint density at radius 2 is 1.81 bits per heavy atom. The SMILES string of the molecule is CC(O)(Cc1ccccc1)C(F)(F)C(=O)O. The molecule has 1 rings (SSSR count). The van der Waals surface area contributed by atoms with E-state index in [0.717, 1.165) is 6.92 Å². The minimum absolute atomic E-state index is 0.423. The second-order valence-corrected chi connectivity index (χ2v) is 3.82. The molecule has 88 valence electrons. The molecule has 0 bridgehead atoms. The lowest BCUT2D eigenvalue weighted by Crippen LogP contribution is -2.52. The zero-order chi connectivity index (χ0) is 12.4. The van der Waals surface area contributed by atoms with E-state index in [1.807, 2.05) is 0 Å². The van der Waals surface area contributed by atoms with E-state index in [-0.39, 0.29) is 0 Å². The number of hydrogen-bond acceptors (Lipinski definition) is 2. The first-order valence-corrected chi connectivity index (χ1v) is 4.65. The monoisotopic (exact) mass is 230 g/mol. The standard InChI is InChI=1S/C11H12F2O3/c1-10(16,11(12,13)9(14)15)7-8-5-3-2-4-6-8/h2-6,16H,7H2,1H3,(H,14,15). The van der Waals surface area contributed by atoms with Crippen molar-refractivity contribution in [3.05, 3.63) is 35.9 Å². The molecule has 0 saturated carbocycles. The highest BCUT2D eigenvalue weighted by Gasteiger charge is 2.55. The minimum Gasteiger partial charge on any atom is -0.477 e. The van der Waals surface area contributed by atoms with Gasteiger partial charge in [-0.3, -0.25) is 0 Å². The van der Waals surface area contributed by atoms with Crippen LogP contribution < -0.4 is 0 Å². The maximum atomic E-state index is 13.2. The maximum Gasteiger partial charge on any atom is 0.377 e. The van der Waals surface area contributed by atoms with Gasteiger partial charge in [0.15, 0.2) is 0 Å². The summed E-state index contributed by atoms with van der Waals surface area (Å²) in [6.45, 7) is 0.814. The van der Waals surface area contributed by atoms with E-state index in [4.69, 9.17) is 5.11 Å². The van der Waals surface area contributed by atoms with Gasteiger partial charge in [-0.1, -0.05) is 30.3 Å². The van der Waals surface area contributed by atoms with Gasteiger partial charge in [-0.05, 0) is 12.5 Å². The zero-order valence-electron chi connectivity index (χ0n) is 8.65. The molecule has 1 aromatic rings. The van der Waals surface area contributed by atoms with Crippen molar-refractivity contribution < 1.29 is 23.8 Å². The Hall–Kier alpha value is -1.49. The third-order valence-electron chi connectivity index (χ3n) is 2.34. The number of aliphatic hydroxyl groups is 1. The lowest BCUT2D eigenvalue weighted by Gasteiger charge is -2.29. The Kier molecular flexibility index (Phi) is 3.28. The Balaban J connectivity index is 2.92. The molecule has 1 aromatic carbocycles. The molecular weight excluding hydrogens is 218 g/mol. The largest absolute Gasteiger partial charge is 0.477 e. The molecule has 0 fully saturated rings. The van der Waals surface area contributed by atoms with Gasteiger partial charge in [-0.2, -0.15) is 8.78 Å². The number of hydrogen-bond donors (Lipinski definition) is 2. The number of halogens is 2. The van der Waals surface area contributed by atoms with Crippen LogP contribution in [0.25, 0.3) is 0 Å². The minimum atomic E-state index is -4.18. The van der Waals surface area contributed by atoms with E-state index in [9.17, 15) is 18.7 Å². The molecule has 1 atom stereocenters. The molecule has 0 radical (unpaired) electrons. The summed E-state index contributed by atoms with van der Waals surface area (Å²) in [4.78, 5) is 10.3. The molecule has 0 saturated heterocycles. The topological polar surface area (TPSA) is 57.5 Å². The number of alkyl halides is 2. The highest BCUT2D eigenvalue weighted by Crippen LogP contribution is 2.31. The van der Waals surface area contributed by atoms with Gasteiger partial charge < -0.3 is 10.2 Å². The van der Waals surface area contributed by atoms with Crippen molar-refractivity contribution in [2.24, 2.45) is 0 Å². The summed E-state index contributed by atoms with van der Waals surface area (Å²) < 4.78 is 26.3. The van der Waals surface area contributed by atoms with E-state index in [1.165, 1.54) is 0 Å². The van der Waals surface area contributed by atoms with E-state index in [2.05, 4.69) is 0 Å². The Morgan fingerprint density at radius 3 is 2.25 bits per heavy atom.